The maximum absolute atomic E-state index is 12.3. The Morgan fingerprint density at radius 1 is 0.903 bits per heavy atom. The first-order chi connectivity index (χ1) is 14.8. The summed E-state index contributed by atoms with van der Waals surface area (Å²) in [4.78, 5) is 33.4. The van der Waals surface area contributed by atoms with Gasteiger partial charge in [-0.3, -0.25) is 0 Å². The van der Waals surface area contributed by atoms with E-state index in [0.29, 0.717) is 12.0 Å². The SMILES string of the molecule is C[C@H](C(=O)OOC(=O)[C@H]1O[C@@H](O)[C@H](O)[C@@H](O)[C@@H]1O)c1cccc(Cc2ccccc2)c1. The first-order valence-electron chi connectivity index (χ1n) is 9.70. The van der Waals surface area contributed by atoms with Gasteiger partial charge in [-0.2, -0.15) is 0 Å². The highest BCUT2D eigenvalue weighted by atomic mass is 17.2. The lowest BCUT2D eigenvalue weighted by Crippen LogP contribution is -2.60. The molecule has 0 spiro atoms. The maximum Gasteiger partial charge on any atom is 0.386 e. The van der Waals surface area contributed by atoms with Crippen LogP contribution in [0.3, 0.4) is 0 Å². The average molecular weight is 432 g/mol. The van der Waals surface area contributed by atoms with Crippen molar-refractivity contribution in [2.45, 2.75) is 50.0 Å². The van der Waals surface area contributed by atoms with Crippen LogP contribution < -0.4 is 0 Å². The molecule has 0 aliphatic carbocycles. The van der Waals surface area contributed by atoms with Crippen molar-refractivity contribution in [1.82, 2.24) is 0 Å². The Labute approximate surface area is 178 Å². The molecule has 1 heterocycles. The molecule has 9 nitrogen and oxygen atoms in total. The molecule has 1 aliphatic rings. The fraction of sp³-hybridized carbons (Fsp3) is 0.364. The van der Waals surface area contributed by atoms with Gasteiger partial charge in [-0.1, -0.05) is 54.6 Å². The van der Waals surface area contributed by atoms with Crippen LogP contribution in [0.5, 0.6) is 0 Å². The predicted octanol–water partition coefficient (Wildman–Crippen LogP) is 0.182. The quantitative estimate of drug-likeness (QED) is 0.384. The second kappa shape index (κ2) is 9.99. The van der Waals surface area contributed by atoms with Crippen molar-refractivity contribution in [1.29, 1.82) is 0 Å². The molecule has 2 aromatic rings. The molecule has 0 unspecified atom stereocenters. The fourth-order valence-electron chi connectivity index (χ4n) is 3.20. The number of carbonyl (C=O) groups is 2. The van der Waals surface area contributed by atoms with Gasteiger partial charge in [0.2, 0.25) is 0 Å². The van der Waals surface area contributed by atoms with Gasteiger partial charge in [0.15, 0.2) is 12.4 Å². The minimum absolute atomic E-state index is 0.650. The van der Waals surface area contributed by atoms with Gasteiger partial charge >= 0.3 is 11.9 Å². The van der Waals surface area contributed by atoms with E-state index in [1.54, 1.807) is 13.0 Å². The minimum Gasteiger partial charge on any atom is -0.387 e. The van der Waals surface area contributed by atoms with Crippen LogP contribution in [0.1, 0.15) is 29.5 Å². The standard InChI is InChI=1S/C22H24O9/c1-12(15-9-5-8-14(11-15)10-13-6-3-2-4-7-13)20(26)30-31-22(28)19-17(24)16(23)18(25)21(27)29-19/h2-9,11-12,16-19,21,23-25,27H,10H2,1H3/t12-,16-,17-,18+,19-,21+/m0/s1. The lowest BCUT2D eigenvalue weighted by atomic mass is 9.96. The summed E-state index contributed by atoms with van der Waals surface area (Å²) in [5.74, 6) is -2.97. The van der Waals surface area contributed by atoms with E-state index >= 15 is 0 Å². The molecular formula is C22H24O9. The number of aliphatic hydroxyl groups is 4. The summed E-state index contributed by atoms with van der Waals surface area (Å²) in [6, 6.07) is 17.1. The van der Waals surface area contributed by atoms with Gasteiger partial charge in [0.25, 0.3) is 0 Å². The third-order valence-corrected chi connectivity index (χ3v) is 5.08. The molecule has 9 heteroatoms. The molecule has 1 fully saturated rings. The number of carbonyl (C=O) groups excluding carboxylic acids is 2. The number of hydrogen-bond acceptors (Lipinski definition) is 9. The summed E-state index contributed by atoms with van der Waals surface area (Å²) in [5, 5.41) is 38.3. The smallest absolute Gasteiger partial charge is 0.386 e. The normalized spacial score (nSPS) is 26.7. The number of ether oxygens (including phenoxy) is 1. The highest BCUT2D eigenvalue weighted by molar-refractivity contribution is 5.80. The Hall–Kier alpha value is -2.82. The van der Waals surface area contributed by atoms with Crippen molar-refractivity contribution < 1.29 is 44.5 Å². The van der Waals surface area contributed by atoms with Gasteiger partial charge < -0.3 is 25.2 Å². The monoisotopic (exact) mass is 432 g/mol. The van der Waals surface area contributed by atoms with Crippen LogP contribution in [0, 0.1) is 0 Å². The van der Waals surface area contributed by atoms with Crippen molar-refractivity contribution in [3.63, 3.8) is 0 Å². The molecule has 6 atom stereocenters. The fourth-order valence-corrected chi connectivity index (χ4v) is 3.20. The van der Waals surface area contributed by atoms with Crippen LogP contribution in [-0.4, -0.2) is 63.1 Å². The van der Waals surface area contributed by atoms with Gasteiger partial charge in [-0.25, -0.2) is 19.4 Å². The third kappa shape index (κ3) is 5.46. The zero-order chi connectivity index (χ0) is 22.5. The molecule has 3 rings (SSSR count). The first kappa shape index (κ1) is 22.9. The lowest BCUT2D eigenvalue weighted by Gasteiger charge is -2.36. The van der Waals surface area contributed by atoms with Crippen molar-refractivity contribution in [2.24, 2.45) is 0 Å². The van der Waals surface area contributed by atoms with Gasteiger partial charge in [0.1, 0.15) is 18.3 Å². The second-order valence-corrected chi connectivity index (χ2v) is 7.35. The minimum atomic E-state index is -1.92. The van der Waals surface area contributed by atoms with Gasteiger partial charge in [-0.05, 0) is 30.0 Å². The van der Waals surface area contributed by atoms with Crippen LogP contribution in [0.15, 0.2) is 54.6 Å². The summed E-state index contributed by atoms with van der Waals surface area (Å²) in [7, 11) is 0. The Morgan fingerprint density at radius 3 is 2.29 bits per heavy atom. The lowest BCUT2D eigenvalue weighted by molar-refractivity contribution is -0.305. The van der Waals surface area contributed by atoms with Gasteiger partial charge in [-0.15, -0.1) is 0 Å². The van der Waals surface area contributed by atoms with Crippen LogP contribution in [-0.2, 0) is 30.5 Å². The van der Waals surface area contributed by atoms with E-state index in [9.17, 15) is 30.0 Å². The van der Waals surface area contributed by atoms with Crippen LogP contribution in [0.2, 0.25) is 0 Å². The predicted molar refractivity (Wildman–Crippen MR) is 105 cm³/mol. The average Bonchev–Trinajstić information content (AvgIpc) is 2.78. The first-order valence-corrected chi connectivity index (χ1v) is 9.70. The highest BCUT2D eigenvalue weighted by Gasteiger charge is 2.47. The van der Waals surface area contributed by atoms with Crippen molar-refractivity contribution in [3.05, 3.63) is 71.3 Å². The van der Waals surface area contributed by atoms with Crippen molar-refractivity contribution >= 4 is 11.9 Å². The zero-order valence-corrected chi connectivity index (χ0v) is 16.7. The van der Waals surface area contributed by atoms with Crippen molar-refractivity contribution in [3.8, 4) is 0 Å². The molecule has 0 bridgehead atoms. The Morgan fingerprint density at radius 2 is 1.58 bits per heavy atom. The Bertz CT molecular complexity index is 901. The maximum atomic E-state index is 12.3. The summed E-state index contributed by atoms with van der Waals surface area (Å²) >= 11 is 0. The summed E-state index contributed by atoms with van der Waals surface area (Å²) in [5.41, 5.74) is 2.75. The number of hydrogen-bond donors (Lipinski definition) is 4. The Balaban J connectivity index is 1.58. The zero-order valence-electron chi connectivity index (χ0n) is 16.7. The second-order valence-electron chi connectivity index (χ2n) is 7.35. The molecule has 2 aromatic carbocycles. The van der Waals surface area contributed by atoms with Crippen molar-refractivity contribution in [2.75, 3.05) is 0 Å². The van der Waals surface area contributed by atoms with E-state index in [0.717, 1.165) is 11.1 Å². The molecule has 0 aromatic heterocycles. The van der Waals surface area contributed by atoms with Gasteiger partial charge in [0.05, 0.1) is 5.92 Å². The van der Waals surface area contributed by atoms with E-state index in [1.165, 1.54) is 0 Å². The van der Waals surface area contributed by atoms with E-state index in [4.69, 9.17) is 4.74 Å². The molecule has 4 N–H and O–H groups in total. The molecule has 0 saturated carbocycles. The van der Waals surface area contributed by atoms with E-state index in [-0.39, 0.29) is 0 Å². The number of rotatable bonds is 5. The van der Waals surface area contributed by atoms with Crippen LogP contribution in [0.25, 0.3) is 0 Å². The molecule has 31 heavy (non-hydrogen) atoms. The summed E-state index contributed by atoms with van der Waals surface area (Å²) in [6.45, 7) is 1.58. The summed E-state index contributed by atoms with van der Waals surface area (Å²) in [6.07, 6.45) is -8.60. The van der Waals surface area contributed by atoms with Crippen LogP contribution >= 0.6 is 0 Å². The molecular weight excluding hydrogens is 408 g/mol. The summed E-state index contributed by atoms with van der Waals surface area (Å²) < 4.78 is 4.72. The van der Waals surface area contributed by atoms with Crippen LogP contribution in [0.4, 0.5) is 0 Å². The number of aliphatic hydroxyl groups excluding tert-OH is 4. The molecule has 1 aliphatic heterocycles. The van der Waals surface area contributed by atoms with E-state index in [1.807, 2.05) is 48.5 Å². The number of benzene rings is 2. The molecule has 1 saturated heterocycles. The van der Waals surface area contributed by atoms with E-state index in [2.05, 4.69) is 9.78 Å². The van der Waals surface area contributed by atoms with E-state index < -0.39 is 48.6 Å². The highest BCUT2D eigenvalue weighted by Crippen LogP contribution is 2.23. The van der Waals surface area contributed by atoms with Gasteiger partial charge in [0, 0.05) is 0 Å². The Kier molecular flexibility index (Phi) is 7.37. The molecule has 0 radical (unpaired) electrons. The topological polar surface area (TPSA) is 143 Å². The molecule has 166 valence electrons. The molecule has 0 amide bonds. The third-order valence-electron chi connectivity index (χ3n) is 5.08. The largest absolute Gasteiger partial charge is 0.387 e.